The molecule has 5 heteroatoms. The minimum Gasteiger partial charge on any atom is -0.491 e. The summed E-state index contributed by atoms with van der Waals surface area (Å²) in [5.41, 5.74) is 7.02. The Morgan fingerprint density at radius 3 is 3.00 bits per heavy atom. The van der Waals surface area contributed by atoms with E-state index in [1.54, 1.807) is 12.5 Å². The summed E-state index contributed by atoms with van der Waals surface area (Å²) in [7, 11) is 0. The van der Waals surface area contributed by atoms with E-state index in [4.69, 9.17) is 22.1 Å². The molecular weight excluding hydrogens is 274 g/mol. The van der Waals surface area contributed by atoms with Gasteiger partial charge in [-0.05, 0) is 25.0 Å². The van der Waals surface area contributed by atoms with Gasteiger partial charge in [0.15, 0.2) is 0 Å². The number of benzene rings is 1. The number of rotatable bonds is 7. The highest BCUT2D eigenvalue weighted by Gasteiger charge is 2.11. The molecule has 1 heterocycles. The molecule has 108 valence electrons. The number of ether oxygens (including phenoxy) is 1. The number of nitrogens with two attached hydrogens (primary N) is 1. The number of nitrogens with zero attached hydrogens (tertiary/aromatic N) is 2. The smallest absolute Gasteiger partial charge is 0.124 e. The average Bonchev–Trinajstić information content (AvgIpc) is 2.95. The van der Waals surface area contributed by atoms with Gasteiger partial charge in [-0.3, -0.25) is 0 Å². The minimum atomic E-state index is 0.103. The molecule has 0 aliphatic carbocycles. The molecule has 0 fully saturated rings. The fourth-order valence-electron chi connectivity index (χ4n) is 1.96. The molecule has 4 nitrogen and oxygen atoms in total. The third kappa shape index (κ3) is 3.99. The SMILES string of the molecule is CCC(N)Cc1c(Cl)cccc1OCCn1ccnc1. The largest absolute Gasteiger partial charge is 0.491 e. The predicted octanol–water partition coefficient (Wildman–Crippen LogP) is 2.90. The Kier molecular flexibility index (Phi) is 5.44. The van der Waals surface area contributed by atoms with Gasteiger partial charge >= 0.3 is 0 Å². The van der Waals surface area contributed by atoms with Crippen LogP contribution in [0.25, 0.3) is 0 Å². The highest BCUT2D eigenvalue weighted by Crippen LogP contribution is 2.28. The van der Waals surface area contributed by atoms with E-state index in [0.717, 1.165) is 30.7 Å². The minimum absolute atomic E-state index is 0.103. The Morgan fingerprint density at radius 2 is 2.30 bits per heavy atom. The van der Waals surface area contributed by atoms with Crippen LogP contribution in [0.2, 0.25) is 5.02 Å². The van der Waals surface area contributed by atoms with Crippen molar-refractivity contribution < 1.29 is 4.74 Å². The normalized spacial score (nSPS) is 12.3. The van der Waals surface area contributed by atoms with E-state index < -0.39 is 0 Å². The maximum Gasteiger partial charge on any atom is 0.124 e. The van der Waals surface area contributed by atoms with E-state index >= 15 is 0 Å². The number of imidazole rings is 1. The van der Waals surface area contributed by atoms with Crippen molar-refractivity contribution in [1.29, 1.82) is 0 Å². The predicted molar refractivity (Wildman–Crippen MR) is 81.1 cm³/mol. The van der Waals surface area contributed by atoms with Crippen molar-refractivity contribution in [1.82, 2.24) is 9.55 Å². The summed E-state index contributed by atoms with van der Waals surface area (Å²) in [5.74, 6) is 0.821. The molecule has 1 aromatic heterocycles. The van der Waals surface area contributed by atoms with Gasteiger partial charge in [-0.1, -0.05) is 24.6 Å². The van der Waals surface area contributed by atoms with Crippen LogP contribution in [0.1, 0.15) is 18.9 Å². The van der Waals surface area contributed by atoms with Gasteiger partial charge in [0.1, 0.15) is 12.4 Å². The zero-order valence-electron chi connectivity index (χ0n) is 11.6. The van der Waals surface area contributed by atoms with Gasteiger partial charge in [0.2, 0.25) is 0 Å². The first-order valence-corrected chi connectivity index (χ1v) is 7.20. The lowest BCUT2D eigenvalue weighted by atomic mass is 10.0. The Hall–Kier alpha value is -1.52. The number of hydrogen-bond donors (Lipinski definition) is 1. The molecule has 0 saturated carbocycles. The van der Waals surface area contributed by atoms with Gasteiger partial charge in [-0.25, -0.2) is 4.98 Å². The second-order valence-corrected chi connectivity index (χ2v) is 5.15. The molecule has 20 heavy (non-hydrogen) atoms. The van der Waals surface area contributed by atoms with Crippen LogP contribution in [-0.4, -0.2) is 22.2 Å². The van der Waals surface area contributed by atoms with Crippen LogP contribution < -0.4 is 10.5 Å². The van der Waals surface area contributed by atoms with Crippen molar-refractivity contribution >= 4 is 11.6 Å². The van der Waals surface area contributed by atoms with Crippen molar-refractivity contribution in [2.24, 2.45) is 5.73 Å². The summed E-state index contributed by atoms with van der Waals surface area (Å²) in [5, 5.41) is 0.717. The molecule has 0 aliphatic rings. The van der Waals surface area contributed by atoms with Crippen LogP contribution in [0, 0.1) is 0 Å². The second-order valence-electron chi connectivity index (χ2n) is 4.74. The molecule has 0 spiro atoms. The van der Waals surface area contributed by atoms with E-state index in [0.29, 0.717) is 11.6 Å². The van der Waals surface area contributed by atoms with Crippen LogP contribution in [0.3, 0.4) is 0 Å². The fraction of sp³-hybridized carbons (Fsp3) is 0.400. The van der Waals surface area contributed by atoms with Crippen LogP contribution >= 0.6 is 11.6 Å². The Balaban J connectivity index is 2.00. The zero-order valence-corrected chi connectivity index (χ0v) is 12.4. The van der Waals surface area contributed by atoms with Crippen LogP contribution in [0.5, 0.6) is 5.75 Å². The Morgan fingerprint density at radius 1 is 1.45 bits per heavy atom. The molecule has 0 aliphatic heterocycles. The molecule has 2 aromatic rings. The van der Waals surface area contributed by atoms with E-state index in [1.807, 2.05) is 29.0 Å². The third-order valence-corrected chi connectivity index (χ3v) is 3.59. The number of aromatic nitrogens is 2. The van der Waals surface area contributed by atoms with Gasteiger partial charge < -0.3 is 15.0 Å². The second kappa shape index (κ2) is 7.31. The number of halogens is 1. The summed E-state index contributed by atoms with van der Waals surface area (Å²) in [6, 6.07) is 5.82. The zero-order chi connectivity index (χ0) is 14.4. The Labute approximate surface area is 124 Å². The molecule has 2 rings (SSSR count). The average molecular weight is 294 g/mol. The maximum atomic E-state index is 6.26. The van der Waals surface area contributed by atoms with Crippen LogP contribution in [0.4, 0.5) is 0 Å². The van der Waals surface area contributed by atoms with Crippen molar-refractivity contribution in [2.75, 3.05) is 6.61 Å². The van der Waals surface area contributed by atoms with E-state index in [1.165, 1.54) is 0 Å². The summed E-state index contributed by atoms with van der Waals surface area (Å²) < 4.78 is 7.82. The lowest BCUT2D eigenvalue weighted by Gasteiger charge is -2.16. The van der Waals surface area contributed by atoms with Crippen molar-refractivity contribution in [3.8, 4) is 5.75 Å². The van der Waals surface area contributed by atoms with E-state index in [9.17, 15) is 0 Å². The van der Waals surface area contributed by atoms with Gasteiger partial charge in [0.05, 0.1) is 12.9 Å². The third-order valence-electron chi connectivity index (χ3n) is 3.23. The maximum absolute atomic E-state index is 6.26. The standard InChI is InChI=1S/C15H20ClN3O/c1-2-12(17)10-13-14(16)4-3-5-15(13)20-9-8-19-7-6-18-11-19/h3-7,11-12H,2,8-10,17H2,1H3. The first-order chi connectivity index (χ1) is 9.70. The molecule has 0 amide bonds. The number of hydrogen-bond acceptors (Lipinski definition) is 3. The van der Waals surface area contributed by atoms with Gasteiger partial charge in [-0.15, -0.1) is 0 Å². The molecule has 0 bridgehead atoms. The first-order valence-electron chi connectivity index (χ1n) is 6.82. The lowest BCUT2D eigenvalue weighted by Crippen LogP contribution is -2.22. The Bertz CT molecular complexity index is 528. The lowest BCUT2D eigenvalue weighted by molar-refractivity contribution is 0.295. The van der Waals surface area contributed by atoms with E-state index in [-0.39, 0.29) is 6.04 Å². The molecule has 0 saturated heterocycles. The van der Waals surface area contributed by atoms with E-state index in [2.05, 4.69) is 11.9 Å². The summed E-state index contributed by atoms with van der Waals surface area (Å²) >= 11 is 6.26. The molecule has 0 radical (unpaired) electrons. The first kappa shape index (κ1) is 14.9. The summed E-state index contributed by atoms with van der Waals surface area (Å²) in [6.45, 7) is 3.40. The quantitative estimate of drug-likeness (QED) is 0.854. The van der Waals surface area contributed by atoms with Crippen molar-refractivity contribution in [3.63, 3.8) is 0 Å². The molecule has 2 N–H and O–H groups in total. The van der Waals surface area contributed by atoms with Crippen molar-refractivity contribution in [2.45, 2.75) is 32.4 Å². The van der Waals surface area contributed by atoms with Crippen molar-refractivity contribution in [3.05, 3.63) is 47.5 Å². The van der Waals surface area contributed by atoms with Gasteiger partial charge in [0, 0.05) is 29.0 Å². The molecule has 1 atom stereocenters. The summed E-state index contributed by atoms with van der Waals surface area (Å²) in [4.78, 5) is 4.00. The fourth-order valence-corrected chi connectivity index (χ4v) is 2.20. The van der Waals surface area contributed by atoms with Crippen LogP contribution in [-0.2, 0) is 13.0 Å². The topological polar surface area (TPSA) is 53.1 Å². The highest BCUT2D eigenvalue weighted by atomic mass is 35.5. The summed E-state index contributed by atoms with van der Waals surface area (Å²) in [6.07, 6.45) is 7.09. The van der Waals surface area contributed by atoms with Gasteiger partial charge in [-0.2, -0.15) is 0 Å². The monoisotopic (exact) mass is 293 g/mol. The highest BCUT2D eigenvalue weighted by molar-refractivity contribution is 6.31. The molecule has 1 aromatic carbocycles. The molecule has 1 unspecified atom stereocenters. The molecular formula is C15H20ClN3O. The van der Waals surface area contributed by atoms with Gasteiger partial charge in [0.25, 0.3) is 0 Å². The van der Waals surface area contributed by atoms with Crippen LogP contribution in [0.15, 0.2) is 36.9 Å².